The topological polar surface area (TPSA) is 71.1 Å². The van der Waals surface area contributed by atoms with Crippen molar-refractivity contribution < 1.29 is 27.2 Å². The van der Waals surface area contributed by atoms with Crippen LogP contribution in [0, 0.1) is 0 Å². The number of hydrogen-bond donors (Lipinski definition) is 0. The lowest BCUT2D eigenvalue weighted by atomic mass is 10.5. The summed E-state index contributed by atoms with van der Waals surface area (Å²) in [5.74, 6) is 2.36. The molecule has 0 aromatic heterocycles. The van der Waals surface area contributed by atoms with Gasteiger partial charge in [0.05, 0.1) is 24.4 Å². The first-order valence-electron chi connectivity index (χ1n) is 7.51. The summed E-state index contributed by atoms with van der Waals surface area (Å²) in [6.07, 6.45) is -1.20. The van der Waals surface area contributed by atoms with Crippen molar-refractivity contribution in [3.05, 3.63) is 11.6 Å². The van der Waals surface area contributed by atoms with E-state index in [1.54, 1.807) is 55.4 Å². The highest BCUT2D eigenvalue weighted by Gasteiger charge is 2.30. The SMILES string of the molecule is CC(C)OP(=O)(/C=C/P(=O)(OC(C)C)OC(C)C)OC(C)C. The molecule has 0 aliphatic heterocycles. The van der Waals surface area contributed by atoms with E-state index in [0.29, 0.717) is 0 Å². The first-order valence-corrected chi connectivity index (χ1v) is 10.7. The second-order valence-electron chi connectivity index (χ2n) is 5.99. The molecule has 0 atom stereocenters. The standard InChI is InChI=1S/C14H30O6P2/c1-11(2)17-21(15,18-12(3)4)9-10-22(16,19-13(5)6)20-14(7)8/h9-14H,1-8H3/b10-9+. The molecule has 22 heavy (non-hydrogen) atoms. The van der Waals surface area contributed by atoms with Gasteiger partial charge in [-0.3, -0.25) is 9.13 Å². The molecule has 6 nitrogen and oxygen atoms in total. The molecule has 0 N–H and O–H groups in total. The van der Waals surface area contributed by atoms with Gasteiger partial charge in [-0.05, 0) is 55.4 Å². The molecule has 0 unspecified atom stereocenters. The Morgan fingerprint density at radius 1 is 0.545 bits per heavy atom. The molecule has 0 heterocycles. The summed E-state index contributed by atoms with van der Waals surface area (Å²) in [7, 11) is -7.06. The third kappa shape index (κ3) is 9.94. The monoisotopic (exact) mass is 356 g/mol. The zero-order chi connectivity index (χ0) is 17.6. The highest BCUT2D eigenvalue weighted by atomic mass is 31.2. The Balaban J connectivity index is 5.37. The number of rotatable bonds is 10. The van der Waals surface area contributed by atoms with E-state index in [1.807, 2.05) is 0 Å². The van der Waals surface area contributed by atoms with Gasteiger partial charge in [-0.2, -0.15) is 0 Å². The molecule has 0 radical (unpaired) electrons. The summed E-state index contributed by atoms with van der Waals surface area (Å²) in [5, 5.41) is 0. The third-order valence-electron chi connectivity index (χ3n) is 1.86. The van der Waals surface area contributed by atoms with Crippen molar-refractivity contribution in [2.45, 2.75) is 79.8 Å². The van der Waals surface area contributed by atoms with Gasteiger partial charge < -0.3 is 18.1 Å². The van der Waals surface area contributed by atoms with Gasteiger partial charge in [0.2, 0.25) is 0 Å². The lowest BCUT2D eigenvalue weighted by Gasteiger charge is -2.22. The predicted octanol–water partition coefficient (Wildman–Crippen LogP) is 5.54. The fourth-order valence-electron chi connectivity index (χ4n) is 1.53. The van der Waals surface area contributed by atoms with Crippen molar-refractivity contribution in [2.75, 3.05) is 0 Å². The van der Waals surface area contributed by atoms with E-state index in [2.05, 4.69) is 0 Å². The summed E-state index contributed by atoms with van der Waals surface area (Å²) in [6, 6.07) is 0. The smallest absolute Gasteiger partial charge is 0.303 e. The van der Waals surface area contributed by atoms with Crippen LogP contribution in [0.15, 0.2) is 11.6 Å². The van der Waals surface area contributed by atoms with E-state index >= 15 is 0 Å². The second kappa shape index (κ2) is 9.36. The molecule has 0 bridgehead atoms. The Morgan fingerprint density at radius 2 is 0.727 bits per heavy atom. The van der Waals surface area contributed by atoms with E-state index in [0.717, 1.165) is 0 Å². The molecule has 0 saturated heterocycles. The molecule has 0 aromatic rings. The molecule has 0 rings (SSSR count). The van der Waals surface area contributed by atoms with Crippen LogP contribution in [0.3, 0.4) is 0 Å². The predicted molar refractivity (Wildman–Crippen MR) is 89.2 cm³/mol. The fraction of sp³-hybridized carbons (Fsp3) is 0.857. The first-order chi connectivity index (χ1) is 9.87. The first kappa shape index (κ1) is 22.0. The minimum atomic E-state index is -3.53. The molecule has 0 amide bonds. The molecular formula is C14H30O6P2. The van der Waals surface area contributed by atoms with Crippen LogP contribution in [0.5, 0.6) is 0 Å². The normalized spacial score (nSPS) is 14.2. The van der Waals surface area contributed by atoms with Gasteiger partial charge in [0.15, 0.2) is 0 Å². The summed E-state index contributed by atoms with van der Waals surface area (Å²) < 4.78 is 46.9. The van der Waals surface area contributed by atoms with E-state index in [4.69, 9.17) is 18.1 Å². The van der Waals surface area contributed by atoms with Crippen molar-refractivity contribution in [2.24, 2.45) is 0 Å². The van der Waals surface area contributed by atoms with Crippen LogP contribution in [0.2, 0.25) is 0 Å². The van der Waals surface area contributed by atoms with Gasteiger partial charge in [0.1, 0.15) is 0 Å². The fourth-order valence-corrected chi connectivity index (χ4v) is 5.57. The number of hydrogen-bond acceptors (Lipinski definition) is 6. The van der Waals surface area contributed by atoms with Crippen LogP contribution in [0.1, 0.15) is 55.4 Å². The molecule has 0 aliphatic rings. The Labute approximate surface area is 134 Å². The average Bonchev–Trinajstić information content (AvgIpc) is 2.21. The van der Waals surface area contributed by atoms with Crippen LogP contribution in [0.4, 0.5) is 0 Å². The van der Waals surface area contributed by atoms with Crippen molar-refractivity contribution in [1.29, 1.82) is 0 Å². The zero-order valence-electron chi connectivity index (χ0n) is 14.8. The zero-order valence-corrected chi connectivity index (χ0v) is 16.6. The van der Waals surface area contributed by atoms with Gasteiger partial charge in [-0.1, -0.05) is 0 Å². The van der Waals surface area contributed by atoms with E-state index in [-0.39, 0.29) is 24.4 Å². The highest BCUT2D eigenvalue weighted by molar-refractivity contribution is 7.61. The molecule has 0 fully saturated rings. The summed E-state index contributed by atoms with van der Waals surface area (Å²) in [5.41, 5.74) is 0. The minimum Gasteiger partial charge on any atom is -0.303 e. The molecular weight excluding hydrogens is 326 g/mol. The van der Waals surface area contributed by atoms with Crippen LogP contribution in [0.25, 0.3) is 0 Å². The van der Waals surface area contributed by atoms with Gasteiger partial charge in [0, 0.05) is 11.6 Å². The Morgan fingerprint density at radius 3 is 0.864 bits per heavy atom. The van der Waals surface area contributed by atoms with E-state index < -0.39 is 15.2 Å². The Hall–Kier alpha value is 0.0400. The summed E-state index contributed by atoms with van der Waals surface area (Å²) >= 11 is 0. The van der Waals surface area contributed by atoms with E-state index in [1.165, 1.54) is 11.6 Å². The van der Waals surface area contributed by atoms with E-state index in [9.17, 15) is 9.13 Å². The lowest BCUT2D eigenvalue weighted by molar-refractivity contribution is 0.145. The summed E-state index contributed by atoms with van der Waals surface area (Å²) in [4.78, 5) is 0. The van der Waals surface area contributed by atoms with Crippen LogP contribution in [-0.2, 0) is 27.2 Å². The van der Waals surface area contributed by atoms with Crippen LogP contribution >= 0.6 is 15.2 Å². The Kier molecular flexibility index (Phi) is 9.38. The maximum Gasteiger partial charge on any atom is 0.355 e. The Bertz CT molecular complexity index is 375. The van der Waals surface area contributed by atoms with Gasteiger partial charge >= 0.3 is 15.2 Å². The quantitative estimate of drug-likeness (QED) is 0.478. The highest BCUT2D eigenvalue weighted by Crippen LogP contribution is 2.58. The van der Waals surface area contributed by atoms with Gasteiger partial charge in [0.25, 0.3) is 0 Å². The molecule has 0 saturated carbocycles. The maximum atomic E-state index is 12.7. The van der Waals surface area contributed by atoms with Crippen molar-refractivity contribution in [3.63, 3.8) is 0 Å². The second-order valence-corrected chi connectivity index (χ2v) is 9.59. The van der Waals surface area contributed by atoms with Crippen molar-refractivity contribution in [1.82, 2.24) is 0 Å². The summed E-state index contributed by atoms with van der Waals surface area (Å²) in [6.45, 7) is 14.0. The lowest BCUT2D eigenvalue weighted by Crippen LogP contribution is -2.08. The van der Waals surface area contributed by atoms with Crippen molar-refractivity contribution >= 4 is 15.2 Å². The molecule has 0 aromatic carbocycles. The maximum absolute atomic E-state index is 12.7. The largest absolute Gasteiger partial charge is 0.355 e. The molecule has 132 valence electrons. The molecule has 8 heteroatoms. The minimum absolute atomic E-state index is 0.300. The molecule has 0 spiro atoms. The van der Waals surface area contributed by atoms with Crippen LogP contribution in [-0.4, -0.2) is 24.4 Å². The molecule has 0 aliphatic carbocycles. The third-order valence-corrected chi connectivity index (χ3v) is 5.99. The van der Waals surface area contributed by atoms with Gasteiger partial charge in [-0.25, -0.2) is 0 Å². The van der Waals surface area contributed by atoms with Gasteiger partial charge in [-0.15, -0.1) is 0 Å². The average molecular weight is 356 g/mol. The van der Waals surface area contributed by atoms with Crippen molar-refractivity contribution in [3.8, 4) is 0 Å². The van der Waals surface area contributed by atoms with Crippen LogP contribution < -0.4 is 0 Å².